The van der Waals surface area contributed by atoms with Crippen molar-refractivity contribution in [2.24, 2.45) is 10.9 Å². The predicted octanol–water partition coefficient (Wildman–Crippen LogP) is 4.00. The summed E-state index contributed by atoms with van der Waals surface area (Å²) in [5, 5.41) is 3.61. The van der Waals surface area contributed by atoms with Crippen LogP contribution in [0.5, 0.6) is 0 Å². The molecule has 7 heteroatoms. The number of hydrogen-bond donors (Lipinski definition) is 1. The van der Waals surface area contributed by atoms with Gasteiger partial charge in [0.25, 0.3) is 0 Å². The number of aliphatic imine (C=N–C) groups is 1. The molecule has 0 aliphatic carbocycles. The van der Waals surface area contributed by atoms with E-state index in [4.69, 9.17) is 0 Å². The summed E-state index contributed by atoms with van der Waals surface area (Å²) in [6.45, 7) is 10.5. The van der Waals surface area contributed by atoms with Crippen LogP contribution in [0.4, 0.5) is 0 Å². The third-order valence-corrected chi connectivity index (χ3v) is 6.19. The van der Waals surface area contributed by atoms with E-state index in [1.807, 2.05) is 19.6 Å². The first-order valence-electron chi connectivity index (χ1n) is 10.7. The molecule has 2 atom stereocenters. The Bertz CT molecular complexity index is 789. The molecule has 1 aliphatic rings. The van der Waals surface area contributed by atoms with E-state index in [2.05, 4.69) is 87.9 Å². The van der Waals surface area contributed by atoms with Gasteiger partial charge in [-0.1, -0.05) is 31.2 Å². The molecule has 0 amide bonds. The monoisotopic (exact) mass is 524 g/mol. The molecule has 0 spiro atoms. The Kier molecular flexibility index (Phi) is 9.61. The average molecular weight is 524 g/mol. The van der Waals surface area contributed by atoms with Crippen LogP contribution in [0, 0.1) is 5.92 Å². The maximum absolute atomic E-state index is 4.58. The highest BCUT2D eigenvalue weighted by Gasteiger charge is 2.28. The molecule has 1 aliphatic heterocycles. The number of halogens is 1. The second-order valence-electron chi connectivity index (χ2n) is 8.47. The number of aromatic nitrogens is 2. The van der Waals surface area contributed by atoms with Gasteiger partial charge in [0, 0.05) is 51.7 Å². The average Bonchev–Trinajstić information content (AvgIpc) is 3.25. The maximum atomic E-state index is 4.58. The van der Waals surface area contributed by atoms with Gasteiger partial charge in [-0.25, -0.2) is 4.98 Å². The lowest BCUT2D eigenvalue weighted by Crippen LogP contribution is -2.48. The third kappa shape index (κ3) is 6.20. The molecule has 1 saturated heterocycles. The molecule has 0 saturated carbocycles. The van der Waals surface area contributed by atoms with Crippen molar-refractivity contribution in [2.75, 3.05) is 27.2 Å². The maximum Gasteiger partial charge on any atom is 0.193 e. The molecule has 1 aromatic carbocycles. The van der Waals surface area contributed by atoms with Gasteiger partial charge in [-0.3, -0.25) is 9.89 Å². The summed E-state index contributed by atoms with van der Waals surface area (Å²) in [4.78, 5) is 13.6. The highest BCUT2D eigenvalue weighted by molar-refractivity contribution is 14.0. The number of guanidine groups is 1. The van der Waals surface area contributed by atoms with Gasteiger partial charge in [-0.2, -0.15) is 0 Å². The number of piperidine rings is 1. The first-order chi connectivity index (χ1) is 14.0. The number of imidazole rings is 1. The largest absolute Gasteiger partial charge is 0.352 e. The lowest BCUT2D eigenvalue weighted by Gasteiger charge is -2.39. The van der Waals surface area contributed by atoms with E-state index in [9.17, 15) is 0 Å². The number of nitrogens with one attached hydrogen (secondary N) is 1. The first kappa shape index (κ1) is 24.7. The normalized spacial score (nSPS) is 19.8. The zero-order valence-corrected chi connectivity index (χ0v) is 21.3. The Morgan fingerprint density at radius 1 is 1.30 bits per heavy atom. The van der Waals surface area contributed by atoms with Gasteiger partial charge in [-0.15, -0.1) is 24.0 Å². The SMILES string of the molecule is CN=C(NCc1ccccc1CN(C)C(C)C)N1CCC(C)C(n2ccnc2)C1.I. The van der Waals surface area contributed by atoms with Crippen molar-refractivity contribution in [1.29, 1.82) is 0 Å². The van der Waals surface area contributed by atoms with Crippen LogP contribution in [0.15, 0.2) is 48.0 Å². The molecule has 1 N–H and O–H groups in total. The molecule has 2 heterocycles. The van der Waals surface area contributed by atoms with Crippen LogP contribution in [-0.2, 0) is 13.1 Å². The van der Waals surface area contributed by atoms with Crippen LogP contribution in [0.25, 0.3) is 0 Å². The van der Waals surface area contributed by atoms with Crippen molar-refractivity contribution in [3.05, 3.63) is 54.1 Å². The lowest BCUT2D eigenvalue weighted by molar-refractivity contribution is 0.189. The van der Waals surface area contributed by atoms with Crippen molar-refractivity contribution in [3.63, 3.8) is 0 Å². The summed E-state index contributed by atoms with van der Waals surface area (Å²) in [6.07, 6.45) is 7.02. The zero-order valence-electron chi connectivity index (χ0n) is 19.0. The van der Waals surface area contributed by atoms with E-state index in [0.29, 0.717) is 18.0 Å². The highest BCUT2D eigenvalue weighted by atomic mass is 127. The number of likely N-dealkylation sites (tertiary alicyclic amines) is 1. The molecule has 1 fully saturated rings. The van der Waals surface area contributed by atoms with Gasteiger partial charge < -0.3 is 14.8 Å². The van der Waals surface area contributed by atoms with Crippen molar-refractivity contribution in [2.45, 2.75) is 52.4 Å². The summed E-state index contributed by atoms with van der Waals surface area (Å²) in [5.74, 6) is 1.61. The van der Waals surface area contributed by atoms with E-state index in [0.717, 1.165) is 38.6 Å². The molecule has 1 aromatic heterocycles. The lowest BCUT2D eigenvalue weighted by atomic mass is 9.93. The van der Waals surface area contributed by atoms with E-state index in [-0.39, 0.29) is 24.0 Å². The Labute approximate surface area is 198 Å². The minimum absolute atomic E-state index is 0. The van der Waals surface area contributed by atoms with Gasteiger partial charge >= 0.3 is 0 Å². The van der Waals surface area contributed by atoms with E-state index >= 15 is 0 Å². The summed E-state index contributed by atoms with van der Waals surface area (Å²) in [5.41, 5.74) is 2.70. The number of benzene rings is 1. The minimum atomic E-state index is 0. The van der Waals surface area contributed by atoms with Crippen LogP contribution in [-0.4, -0.2) is 58.5 Å². The fourth-order valence-electron chi connectivity index (χ4n) is 3.94. The third-order valence-electron chi connectivity index (χ3n) is 6.19. The Hall–Kier alpha value is -1.61. The van der Waals surface area contributed by atoms with Crippen LogP contribution in [0.1, 0.15) is 44.4 Å². The molecule has 30 heavy (non-hydrogen) atoms. The van der Waals surface area contributed by atoms with Crippen molar-refractivity contribution >= 4 is 29.9 Å². The van der Waals surface area contributed by atoms with Crippen molar-refractivity contribution in [1.82, 2.24) is 24.7 Å². The van der Waals surface area contributed by atoms with Crippen molar-refractivity contribution in [3.8, 4) is 0 Å². The quantitative estimate of drug-likeness (QED) is 0.353. The van der Waals surface area contributed by atoms with Crippen LogP contribution < -0.4 is 5.32 Å². The molecule has 0 bridgehead atoms. The van der Waals surface area contributed by atoms with Crippen LogP contribution >= 0.6 is 24.0 Å². The topological polar surface area (TPSA) is 48.7 Å². The minimum Gasteiger partial charge on any atom is -0.352 e. The van der Waals surface area contributed by atoms with E-state index in [1.54, 1.807) is 0 Å². The van der Waals surface area contributed by atoms with Gasteiger partial charge in [0.2, 0.25) is 0 Å². The molecule has 6 nitrogen and oxygen atoms in total. The number of hydrogen-bond acceptors (Lipinski definition) is 3. The molecule has 2 aromatic rings. The van der Waals surface area contributed by atoms with Crippen molar-refractivity contribution < 1.29 is 0 Å². The Balaban J connectivity index is 0.00000320. The fourth-order valence-corrected chi connectivity index (χ4v) is 3.94. The van der Waals surface area contributed by atoms with Crippen LogP contribution in [0.3, 0.4) is 0 Å². The molecule has 0 radical (unpaired) electrons. The molecule has 166 valence electrons. The molecule has 2 unspecified atom stereocenters. The van der Waals surface area contributed by atoms with Gasteiger partial charge in [0.05, 0.1) is 12.4 Å². The molecular formula is C23H37IN6. The Morgan fingerprint density at radius 3 is 2.67 bits per heavy atom. The number of rotatable bonds is 6. The molecular weight excluding hydrogens is 487 g/mol. The van der Waals surface area contributed by atoms with Crippen LogP contribution in [0.2, 0.25) is 0 Å². The highest BCUT2D eigenvalue weighted by Crippen LogP contribution is 2.27. The fraction of sp³-hybridized carbons (Fsp3) is 0.565. The van der Waals surface area contributed by atoms with E-state index in [1.165, 1.54) is 11.1 Å². The zero-order chi connectivity index (χ0) is 20.8. The second kappa shape index (κ2) is 11.7. The summed E-state index contributed by atoms with van der Waals surface area (Å²) >= 11 is 0. The van der Waals surface area contributed by atoms with E-state index < -0.39 is 0 Å². The Morgan fingerprint density at radius 2 is 2.03 bits per heavy atom. The summed E-state index contributed by atoms with van der Waals surface area (Å²) in [6, 6.07) is 9.66. The smallest absolute Gasteiger partial charge is 0.193 e. The van der Waals surface area contributed by atoms with Gasteiger partial charge in [-0.05, 0) is 44.4 Å². The first-order valence-corrected chi connectivity index (χ1v) is 10.7. The standard InChI is InChI=1S/C23H36N6.HI/c1-18(2)27(5)15-21-9-7-6-8-20(21)14-26-23(24-4)28-12-10-19(3)22(16-28)29-13-11-25-17-29;/h6-9,11,13,17-19,22H,10,12,14-16H2,1-5H3,(H,24,26);1H. The van der Waals surface area contributed by atoms with Gasteiger partial charge in [0.15, 0.2) is 5.96 Å². The second-order valence-corrected chi connectivity index (χ2v) is 8.47. The summed E-state index contributed by atoms with van der Waals surface area (Å²) < 4.78 is 2.24. The summed E-state index contributed by atoms with van der Waals surface area (Å²) in [7, 11) is 4.06. The number of nitrogens with zero attached hydrogens (tertiary/aromatic N) is 5. The molecule has 3 rings (SSSR count). The van der Waals surface area contributed by atoms with Gasteiger partial charge in [0.1, 0.15) is 0 Å². The predicted molar refractivity (Wildman–Crippen MR) is 135 cm³/mol.